The van der Waals surface area contributed by atoms with E-state index in [0.717, 1.165) is 12.8 Å². The van der Waals surface area contributed by atoms with Gasteiger partial charge in [0.1, 0.15) is 0 Å². The van der Waals surface area contributed by atoms with Gasteiger partial charge in [0, 0.05) is 9.80 Å². The third-order valence-electron chi connectivity index (χ3n) is 4.50. The Morgan fingerprint density at radius 1 is 1.00 bits per heavy atom. The molecule has 0 amide bonds. The first-order chi connectivity index (χ1) is 11.2. The number of rotatable bonds is 4. The predicted octanol–water partition coefficient (Wildman–Crippen LogP) is 6.43. The van der Waals surface area contributed by atoms with Gasteiger partial charge in [-0.05, 0) is 49.3 Å². The molecule has 118 valence electrons. The third kappa shape index (κ3) is 4.62. The average Bonchev–Trinajstić information content (AvgIpc) is 2.74. The summed E-state index contributed by atoms with van der Waals surface area (Å²) in [5.41, 5.74) is 2.75. The molecule has 0 aliphatic heterocycles. The van der Waals surface area contributed by atoms with E-state index >= 15 is 0 Å². The minimum Gasteiger partial charge on any atom is -0.0905 e. The summed E-state index contributed by atoms with van der Waals surface area (Å²) in [6, 6.07) is 19.6. The molecule has 2 aromatic rings. The maximum atomic E-state index is 2.41. The number of allylic oxidation sites excluding steroid dienone is 3. The van der Waals surface area contributed by atoms with Gasteiger partial charge in [0.15, 0.2) is 0 Å². The standard InChI is InChI=1S/C22H24S/c1-17-8-12-21(13-9-17)23-22-14-10-18(2)20(11-15-22)16-19-6-4-3-5-7-19/h3-9,11-15,18,20H,10,16H2,1-2H3. The normalized spacial score (nSPS) is 20.9. The molecule has 0 heterocycles. The van der Waals surface area contributed by atoms with Crippen molar-refractivity contribution in [3.05, 3.63) is 88.9 Å². The molecule has 0 bridgehead atoms. The highest BCUT2D eigenvalue weighted by Gasteiger charge is 2.17. The average molecular weight is 321 g/mol. The molecule has 2 atom stereocenters. The van der Waals surface area contributed by atoms with E-state index in [4.69, 9.17) is 0 Å². The highest BCUT2D eigenvalue weighted by Crippen LogP contribution is 2.33. The first-order valence-corrected chi connectivity index (χ1v) is 9.19. The minimum atomic E-state index is 0.616. The van der Waals surface area contributed by atoms with Crippen LogP contribution in [0.1, 0.15) is 24.5 Å². The van der Waals surface area contributed by atoms with Crippen LogP contribution in [0.15, 0.2) is 82.6 Å². The second-order valence-electron chi connectivity index (χ2n) is 6.45. The molecule has 0 saturated carbocycles. The van der Waals surface area contributed by atoms with Crippen LogP contribution in [0.4, 0.5) is 0 Å². The third-order valence-corrected chi connectivity index (χ3v) is 5.55. The minimum absolute atomic E-state index is 0.616. The molecule has 1 heteroatoms. The van der Waals surface area contributed by atoms with E-state index in [9.17, 15) is 0 Å². The zero-order valence-corrected chi connectivity index (χ0v) is 14.7. The van der Waals surface area contributed by atoms with Crippen LogP contribution in [0, 0.1) is 18.8 Å². The maximum Gasteiger partial charge on any atom is 0.0122 e. The Hall–Kier alpha value is -1.73. The quantitative estimate of drug-likeness (QED) is 0.626. The van der Waals surface area contributed by atoms with Crippen molar-refractivity contribution in [1.29, 1.82) is 0 Å². The van der Waals surface area contributed by atoms with Crippen LogP contribution in [-0.4, -0.2) is 0 Å². The summed E-state index contributed by atoms with van der Waals surface area (Å²) in [6.07, 6.45) is 9.42. The van der Waals surface area contributed by atoms with Crippen LogP contribution in [0.5, 0.6) is 0 Å². The summed E-state index contributed by atoms with van der Waals surface area (Å²) >= 11 is 1.87. The number of hydrogen-bond acceptors (Lipinski definition) is 1. The molecule has 3 rings (SSSR count). The molecule has 0 N–H and O–H groups in total. The summed E-state index contributed by atoms with van der Waals surface area (Å²) < 4.78 is 0. The molecule has 0 nitrogen and oxygen atoms in total. The Bertz CT molecular complexity index is 680. The summed E-state index contributed by atoms with van der Waals surface area (Å²) in [5.74, 6) is 1.30. The van der Waals surface area contributed by atoms with E-state index in [1.807, 2.05) is 11.8 Å². The van der Waals surface area contributed by atoms with Gasteiger partial charge in [0.2, 0.25) is 0 Å². The predicted molar refractivity (Wildman–Crippen MR) is 102 cm³/mol. The number of aryl methyl sites for hydroxylation is 1. The van der Waals surface area contributed by atoms with Crippen molar-refractivity contribution in [2.75, 3.05) is 0 Å². The van der Waals surface area contributed by atoms with E-state index in [1.165, 1.54) is 20.9 Å². The van der Waals surface area contributed by atoms with Gasteiger partial charge in [-0.25, -0.2) is 0 Å². The SMILES string of the molecule is Cc1ccc(SC2=CCC(C)C(Cc3ccccc3)C=C2)cc1. The fourth-order valence-corrected chi connectivity index (χ4v) is 3.80. The Balaban J connectivity index is 1.68. The number of benzene rings is 2. The lowest BCUT2D eigenvalue weighted by Crippen LogP contribution is -2.11. The second kappa shape index (κ2) is 7.70. The van der Waals surface area contributed by atoms with Crippen molar-refractivity contribution in [2.45, 2.75) is 31.6 Å². The Morgan fingerprint density at radius 2 is 1.74 bits per heavy atom. The zero-order chi connectivity index (χ0) is 16.1. The van der Waals surface area contributed by atoms with Crippen LogP contribution in [0.25, 0.3) is 0 Å². The molecule has 1 aliphatic rings. The summed E-state index contributed by atoms with van der Waals surface area (Å²) in [4.78, 5) is 2.69. The van der Waals surface area contributed by atoms with Crippen molar-refractivity contribution >= 4 is 11.8 Å². The molecule has 0 aromatic heterocycles. The second-order valence-corrected chi connectivity index (χ2v) is 7.59. The molecular formula is C22H24S. The van der Waals surface area contributed by atoms with Gasteiger partial charge in [0.05, 0.1) is 0 Å². The molecule has 0 fully saturated rings. The molecule has 2 aromatic carbocycles. The zero-order valence-electron chi connectivity index (χ0n) is 13.9. The van der Waals surface area contributed by atoms with Crippen molar-refractivity contribution in [1.82, 2.24) is 0 Å². The fourth-order valence-electron chi connectivity index (χ4n) is 2.93. The van der Waals surface area contributed by atoms with Gasteiger partial charge in [-0.2, -0.15) is 0 Å². The molecule has 0 saturated heterocycles. The monoisotopic (exact) mass is 320 g/mol. The molecule has 0 radical (unpaired) electrons. The van der Waals surface area contributed by atoms with E-state index in [2.05, 4.69) is 86.7 Å². The van der Waals surface area contributed by atoms with Crippen molar-refractivity contribution in [3.8, 4) is 0 Å². The maximum absolute atomic E-state index is 2.41. The topological polar surface area (TPSA) is 0 Å². The van der Waals surface area contributed by atoms with Crippen LogP contribution >= 0.6 is 11.8 Å². The van der Waals surface area contributed by atoms with Gasteiger partial charge >= 0.3 is 0 Å². The van der Waals surface area contributed by atoms with Gasteiger partial charge in [-0.1, -0.05) is 84.9 Å². The van der Waals surface area contributed by atoms with Crippen molar-refractivity contribution in [3.63, 3.8) is 0 Å². The summed E-state index contributed by atoms with van der Waals surface area (Å²) in [5, 5.41) is 0. The first-order valence-electron chi connectivity index (χ1n) is 8.37. The lowest BCUT2D eigenvalue weighted by Gasteiger charge is -2.18. The smallest absolute Gasteiger partial charge is 0.0122 e. The molecule has 0 spiro atoms. The number of hydrogen-bond donors (Lipinski definition) is 0. The van der Waals surface area contributed by atoms with E-state index in [0.29, 0.717) is 11.8 Å². The lowest BCUT2D eigenvalue weighted by molar-refractivity contribution is 0.433. The van der Waals surface area contributed by atoms with Gasteiger partial charge in [-0.3, -0.25) is 0 Å². The van der Waals surface area contributed by atoms with Crippen LogP contribution in [0.2, 0.25) is 0 Å². The van der Waals surface area contributed by atoms with Crippen molar-refractivity contribution in [2.24, 2.45) is 11.8 Å². The van der Waals surface area contributed by atoms with Gasteiger partial charge in [0.25, 0.3) is 0 Å². The Kier molecular flexibility index (Phi) is 5.40. The van der Waals surface area contributed by atoms with Crippen molar-refractivity contribution < 1.29 is 0 Å². The van der Waals surface area contributed by atoms with E-state index in [-0.39, 0.29) is 0 Å². The molecule has 23 heavy (non-hydrogen) atoms. The largest absolute Gasteiger partial charge is 0.0905 e. The van der Waals surface area contributed by atoms with Gasteiger partial charge < -0.3 is 0 Å². The lowest BCUT2D eigenvalue weighted by atomic mass is 9.86. The summed E-state index contributed by atoms with van der Waals surface area (Å²) in [6.45, 7) is 4.50. The van der Waals surface area contributed by atoms with E-state index < -0.39 is 0 Å². The molecule has 2 unspecified atom stereocenters. The first kappa shape index (κ1) is 16.1. The van der Waals surface area contributed by atoms with Gasteiger partial charge in [-0.15, -0.1) is 0 Å². The fraction of sp³-hybridized carbons (Fsp3) is 0.273. The van der Waals surface area contributed by atoms with Crippen LogP contribution in [0.3, 0.4) is 0 Å². The van der Waals surface area contributed by atoms with Crippen LogP contribution in [-0.2, 0) is 6.42 Å². The highest BCUT2D eigenvalue weighted by atomic mass is 32.2. The van der Waals surface area contributed by atoms with E-state index in [1.54, 1.807) is 0 Å². The molecule has 1 aliphatic carbocycles. The summed E-state index contributed by atoms with van der Waals surface area (Å²) in [7, 11) is 0. The Labute approximate surface area is 144 Å². The Morgan fingerprint density at radius 3 is 2.48 bits per heavy atom. The highest BCUT2D eigenvalue weighted by molar-refractivity contribution is 8.03. The number of thioether (sulfide) groups is 1. The van der Waals surface area contributed by atoms with Crippen LogP contribution < -0.4 is 0 Å². The molecular weight excluding hydrogens is 296 g/mol.